The van der Waals surface area contributed by atoms with Gasteiger partial charge in [0.2, 0.25) is 5.95 Å². The monoisotopic (exact) mass is 360 g/mol. The van der Waals surface area contributed by atoms with Gasteiger partial charge in [0.15, 0.2) is 0 Å². The van der Waals surface area contributed by atoms with Crippen LogP contribution >= 0.6 is 0 Å². The van der Waals surface area contributed by atoms with Crippen LogP contribution in [0.4, 0.5) is 17.5 Å². The highest BCUT2D eigenvalue weighted by Crippen LogP contribution is 2.28. The van der Waals surface area contributed by atoms with E-state index in [9.17, 15) is 4.79 Å². The maximum absolute atomic E-state index is 11.6. The fourth-order valence-corrected chi connectivity index (χ4v) is 2.71. The predicted molar refractivity (Wildman–Crippen MR) is 105 cm³/mol. The molecule has 2 aromatic carbocycles. The molecule has 1 saturated carbocycles. The molecule has 136 valence electrons. The van der Waals surface area contributed by atoms with Crippen LogP contribution in [0.15, 0.2) is 60.7 Å². The molecule has 0 spiro atoms. The second-order valence-electron chi connectivity index (χ2n) is 6.44. The Kier molecular flexibility index (Phi) is 4.70. The molecule has 0 radical (unpaired) electrons. The summed E-state index contributed by atoms with van der Waals surface area (Å²) in [7, 11) is 1.37. The molecule has 0 amide bonds. The maximum Gasteiger partial charge on any atom is 0.337 e. The van der Waals surface area contributed by atoms with Crippen LogP contribution in [0, 0.1) is 0 Å². The lowest BCUT2D eigenvalue weighted by Crippen LogP contribution is -2.07. The fraction of sp³-hybridized carbons (Fsp3) is 0.190. The maximum atomic E-state index is 11.6. The first kappa shape index (κ1) is 17.0. The zero-order valence-electron chi connectivity index (χ0n) is 15.0. The number of benzene rings is 2. The van der Waals surface area contributed by atoms with Gasteiger partial charge >= 0.3 is 5.97 Å². The Morgan fingerprint density at radius 1 is 1.04 bits per heavy atom. The van der Waals surface area contributed by atoms with E-state index in [2.05, 4.69) is 20.6 Å². The van der Waals surface area contributed by atoms with Crippen LogP contribution in [0.3, 0.4) is 0 Å². The van der Waals surface area contributed by atoms with E-state index in [1.54, 1.807) is 24.3 Å². The van der Waals surface area contributed by atoms with Gasteiger partial charge in [-0.15, -0.1) is 0 Å². The first-order valence-electron chi connectivity index (χ1n) is 8.88. The van der Waals surface area contributed by atoms with Crippen molar-refractivity contribution < 1.29 is 9.53 Å². The Labute approximate surface area is 157 Å². The van der Waals surface area contributed by atoms with Gasteiger partial charge in [-0.2, -0.15) is 4.98 Å². The molecule has 1 aliphatic rings. The molecule has 27 heavy (non-hydrogen) atoms. The van der Waals surface area contributed by atoms with Gasteiger partial charge in [0, 0.05) is 23.4 Å². The Morgan fingerprint density at radius 2 is 1.78 bits per heavy atom. The summed E-state index contributed by atoms with van der Waals surface area (Å²) in [6.07, 6.45) is 2.34. The van der Waals surface area contributed by atoms with E-state index in [-0.39, 0.29) is 5.97 Å². The van der Waals surface area contributed by atoms with Gasteiger partial charge < -0.3 is 15.4 Å². The number of hydrogen-bond acceptors (Lipinski definition) is 6. The van der Waals surface area contributed by atoms with Crippen molar-refractivity contribution in [3.63, 3.8) is 0 Å². The van der Waals surface area contributed by atoms with E-state index < -0.39 is 0 Å². The molecule has 1 heterocycles. The minimum atomic E-state index is -0.361. The average molecular weight is 360 g/mol. The van der Waals surface area contributed by atoms with E-state index in [1.165, 1.54) is 20.0 Å². The average Bonchev–Trinajstić information content (AvgIpc) is 3.52. The molecule has 0 aliphatic heterocycles. The van der Waals surface area contributed by atoms with Gasteiger partial charge in [0.25, 0.3) is 0 Å². The molecule has 4 rings (SSSR count). The minimum Gasteiger partial charge on any atom is -0.465 e. The quantitative estimate of drug-likeness (QED) is 0.640. The Bertz CT molecular complexity index is 938. The highest BCUT2D eigenvalue weighted by Gasteiger charge is 2.22. The summed E-state index contributed by atoms with van der Waals surface area (Å²) in [5.41, 5.74) is 3.17. The molecule has 1 aliphatic carbocycles. The molecular formula is C21H20N4O2. The molecule has 6 heteroatoms. The highest BCUT2D eigenvalue weighted by atomic mass is 16.5. The summed E-state index contributed by atoms with van der Waals surface area (Å²) in [6, 6.07) is 19.5. The van der Waals surface area contributed by atoms with Crippen LogP contribution in [0.5, 0.6) is 0 Å². The molecular weight excluding hydrogens is 340 g/mol. The summed E-state index contributed by atoms with van der Waals surface area (Å²) >= 11 is 0. The van der Waals surface area contributed by atoms with Crippen molar-refractivity contribution in [2.45, 2.75) is 18.9 Å². The third kappa shape index (κ3) is 4.23. The lowest BCUT2D eigenvalue weighted by molar-refractivity contribution is 0.0601. The first-order valence-corrected chi connectivity index (χ1v) is 8.88. The smallest absolute Gasteiger partial charge is 0.337 e. The largest absolute Gasteiger partial charge is 0.465 e. The number of esters is 1. The normalized spacial score (nSPS) is 13.1. The fourth-order valence-electron chi connectivity index (χ4n) is 2.71. The van der Waals surface area contributed by atoms with Gasteiger partial charge in [-0.1, -0.05) is 30.3 Å². The minimum absolute atomic E-state index is 0.361. The van der Waals surface area contributed by atoms with Gasteiger partial charge in [-0.05, 0) is 37.1 Å². The van der Waals surface area contributed by atoms with E-state index in [1.807, 2.05) is 36.4 Å². The number of rotatable bonds is 6. The lowest BCUT2D eigenvalue weighted by atomic mass is 10.1. The Morgan fingerprint density at radius 3 is 2.44 bits per heavy atom. The van der Waals surface area contributed by atoms with E-state index >= 15 is 0 Å². The number of methoxy groups -OCH3 is 1. The molecule has 0 saturated heterocycles. The zero-order chi connectivity index (χ0) is 18.6. The second-order valence-corrected chi connectivity index (χ2v) is 6.44. The second kappa shape index (κ2) is 7.45. The topological polar surface area (TPSA) is 76.1 Å². The summed E-state index contributed by atoms with van der Waals surface area (Å²) in [5.74, 6) is 0.949. The third-order valence-electron chi connectivity index (χ3n) is 4.29. The lowest BCUT2D eigenvalue weighted by Gasteiger charge is -2.11. The zero-order valence-corrected chi connectivity index (χ0v) is 15.0. The van der Waals surface area contributed by atoms with Crippen LogP contribution in [0.1, 0.15) is 23.2 Å². The SMILES string of the molecule is COC(=O)c1ccc(Nc2nc(NC3CC3)cc(-c3ccccc3)n2)cc1. The van der Waals surface area contributed by atoms with Crippen molar-refractivity contribution >= 4 is 23.4 Å². The molecule has 0 atom stereocenters. The number of aromatic nitrogens is 2. The van der Waals surface area contributed by atoms with Crippen molar-refractivity contribution in [3.05, 3.63) is 66.2 Å². The number of nitrogens with zero attached hydrogens (tertiary/aromatic N) is 2. The van der Waals surface area contributed by atoms with Crippen LogP contribution in [-0.2, 0) is 4.74 Å². The predicted octanol–water partition coefficient (Wildman–Crippen LogP) is 4.25. The summed E-state index contributed by atoms with van der Waals surface area (Å²) in [6.45, 7) is 0. The first-order chi connectivity index (χ1) is 13.2. The van der Waals surface area contributed by atoms with Crippen LogP contribution in [-0.4, -0.2) is 29.1 Å². The van der Waals surface area contributed by atoms with Crippen LogP contribution in [0.25, 0.3) is 11.3 Å². The van der Waals surface area contributed by atoms with Crippen LogP contribution < -0.4 is 10.6 Å². The molecule has 2 N–H and O–H groups in total. The molecule has 6 nitrogen and oxygen atoms in total. The van der Waals surface area contributed by atoms with Crippen molar-refractivity contribution in [2.24, 2.45) is 0 Å². The Balaban J connectivity index is 1.61. The molecule has 1 fully saturated rings. The molecule has 1 aromatic heterocycles. The number of hydrogen-bond donors (Lipinski definition) is 2. The van der Waals surface area contributed by atoms with Crippen molar-refractivity contribution in [1.29, 1.82) is 0 Å². The van der Waals surface area contributed by atoms with Gasteiger partial charge in [-0.3, -0.25) is 0 Å². The standard InChI is InChI=1S/C21H20N4O2/c1-27-20(26)15-7-9-17(10-8-15)23-21-24-18(14-5-3-2-4-6-14)13-19(25-21)22-16-11-12-16/h2-10,13,16H,11-12H2,1H3,(H2,22,23,24,25). The number of carbonyl (C=O) groups is 1. The highest BCUT2D eigenvalue weighted by molar-refractivity contribution is 5.89. The van der Waals surface area contributed by atoms with Crippen molar-refractivity contribution in [3.8, 4) is 11.3 Å². The van der Waals surface area contributed by atoms with Crippen LogP contribution in [0.2, 0.25) is 0 Å². The summed E-state index contributed by atoms with van der Waals surface area (Å²) in [4.78, 5) is 20.8. The molecule has 0 bridgehead atoms. The number of carbonyl (C=O) groups excluding carboxylic acids is 1. The third-order valence-corrected chi connectivity index (χ3v) is 4.29. The number of ether oxygens (including phenoxy) is 1. The Hall–Kier alpha value is -3.41. The molecule has 0 unspecified atom stereocenters. The van der Waals surface area contributed by atoms with Crippen molar-refractivity contribution in [2.75, 3.05) is 17.7 Å². The molecule has 3 aromatic rings. The summed E-state index contributed by atoms with van der Waals surface area (Å²) < 4.78 is 4.73. The van der Waals surface area contributed by atoms with E-state index in [0.717, 1.165) is 22.8 Å². The van der Waals surface area contributed by atoms with E-state index in [4.69, 9.17) is 4.74 Å². The van der Waals surface area contributed by atoms with Gasteiger partial charge in [0.05, 0.1) is 18.4 Å². The van der Waals surface area contributed by atoms with E-state index in [0.29, 0.717) is 17.6 Å². The van der Waals surface area contributed by atoms with Crippen molar-refractivity contribution in [1.82, 2.24) is 9.97 Å². The number of nitrogens with one attached hydrogen (secondary N) is 2. The van der Waals surface area contributed by atoms with Gasteiger partial charge in [-0.25, -0.2) is 9.78 Å². The summed E-state index contributed by atoms with van der Waals surface area (Å²) in [5, 5.41) is 6.65. The van der Waals surface area contributed by atoms with Gasteiger partial charge in [0.1, 0.15) is 5.82 Å². The number of anilines is 3.